The monoisotopic (exact) mass is 300 g/mol. The Hall–Kier alpha value is -1.48. The minimum absolute atomic E-state index is 0.0493. The van der Waals surface area contributed by atoms with Crippen LogP contribution in [0.25, 0.3) is 0 Å². The van der Waals surface area contributed by atoms with E-state index in [0.717, 1.165) is 0 Å². The number of hydrogen-bond acceptors (Lipinski definition) is 6. The van der Waals surface area contributed by atoms with Gasteiger partial charge in [0.1, 0.15) is 12.3 Å². The minimum Gasteiger partial charge on any atom is -0.396 e. The van der Waals surface area contributed by atoms with E-state index in [4.69, 9.17) is 14.9 Å². The highest BCUT2D eigenvalue weighted by Gasteiger charge is 2.35. The zero-order chi connectivity index (χ0) is 15.4. The molecule has 0 saturated carbocycles. The van der Waals surface area contributed by atoms with Crippen LogP contribution < -0.4 is 11.2 Å². The van der Waals surface area contributed by atoms with Crippen LogP contribution in [0.1, 0.15) is 31.1 Å². The molecule has 8 nitrogen and oxygen atoms in total. The third-order valence-corrected chi connectivity index (χ3v) is 3.59. The van der Waals surface area contributed by atoms with Crippen molar-refractivity contribution in [3.05, 3.63) is 32.6 Å². The van der Waals surface area contributed by atoms with Gasteiger partial charge < -0.3 is 20.1 Å². The molecule has 0 radical (unpaired) electrons. The molecule has 118 valence electrons. The predicted molar refractivity (Wildman–Crippen MR) is 73.0 cm³/mol. The molecule has 0 aromatic carbocycles. The summed E-state index contributed by atoms with van der Waals surface area (Å²) in [5.74, 6) is 0. The first-order valence-electron chi connectivity index (χ1n) is 6.96. The topological polar surface area (TPSA) is 125 Å². The molecule has 3 atom stereocenters. The van der Waals surface area contributed by atoms with Crippen LogP contribution in [0.4, 0.5) is 0 Å². The summed E-state index contributed by atoms with van der Waals surface area (Å²) in [6.07, 6.45) is 0.953. The summed E-state index contributed by atoms with van der Waals surface area (Å²) in [6, 6.07) is 0. The van der Waals surface area contributed by atoms with Crippen molar-refractivity contribution in [1.29, 1.82) is 0 Å². The van der Waals surface area contributed by atoms with Crippen molar-refractivity contribution in [3.63, 3.8) is 0 Å². The number of aliphatic hydroxyl groups excluding tert-OH is 3. The third-order valence-electron chi connectivity index (χ3n) is 3.59. The van der Waals surface area contributed by atoms with E-state index in [1.807, 2.05) is 0 Å². The zero-order valence-electron chi connectivity index (χ0n) is 11.6. The van der Waals surface area contributed by atoms with Gasteiger partial charge in [0.05, 0.1) is 12.7 Å². The van der Waals surface area contributed by atoms with Crippen molar-refractivity contribution in [3.8, 4) is 0 Å². The van der Waals surface area contributed by atoms with Crippen LogP contribution in [-0.2, 0) is 11.2 Å². The maximum atomic E-state index is 11.9. The van der Waals surface area contributed by atoms with Crippen LogP contribution in [0.5, 0.6) is 0 Å². The number of aryl methyl sites for hydroxylation is 1. The Bertz CT molecular complexity index is 581. The molecule has 2 heterocycles. The van der Waals surface area contributed by atoms with Crippen LogP contribution in [0.15, 0.2) is 15.8 Å². The lowest BCUT2D eigenvalue weighted by Crippen LogP contribution is -2.34. The van der Waals surface area contributed by atoms with Gasteiger partial charge in [0.25, 0.3) is 5.56 Å². The standard InChI is InChI=1S/C13H20N2O6/c16-4-2-1-3-8-6-15(13(20)14-12(8)19)11-5-9(18)10(7-17)21-11/h6,9-11,16-18H,1-5,7H2,(H,14,19,20)/t9-,10+,11+/m0/s1. The normalized spacial score (nSPS) is 25.4. The maximum Gasteiger partial charge on any atom is 0.330 e. The number of ether oxygens (including phenoxy) is 1. The van der Waals surface area contributed by atoms with E-state index in [2.05, 4.69) is 4.98 Å². The van der Waals surface area contributed by atoms with Gasteiger partial charge >= 0.3 is 5.69 Å². The summed E-state index contributed by atoms with van der Waals surface area (Å²) in [5, 5.41) is 27.5. The van der Waals surface area contributed by atoms with Crippen molar-refractivity contribution in [2.45, 2.75) is 44.1 Å². The van der Waals surface area contributed by atoms with Gasteiger partial charge in [-0.25, -0.2) is 4.79 Å². The number of unbranched alkanes of at least 4 members (excludes halogenated alkanes) is 1. The number of aliphatic hydroxyl groups is 3. The minimum atomic E-state index is -0.850. The molecule has 21 heavy (non-hydrogen) atoms. The van der Waals surface area contributed by atoms with Crippen molar-refractivity contribution in [1.82, 2.24) is 9.55 Å². The van der Waals surface area contributed by atoms with Gasteiger partial charge in [-0.2, -0.15) is 0 Å². The van der Waals surface area contributed by atoms with Gasteiger partial charge in [-0.3, -0.25) is 14.3 Å². The third kappa shape index (κ3) is 3.59. The fourth-order valence-electron chi connectivity index (χ4n) is 2.40. The Morgan fingerprint density at radius 1 is 1.33 bits per heavy atom. The summed E-state index contributed by atoms with van der Waals surface area (Å²) < 4.78 is 6.64. The van der Waals surface area contributed by atoms with E-state index < -0.39 is 29.7 Å². The van der Waals surface area contributed by atoms with Crippen LogP contribution in [0.2, 0.25) is 0 Å². The molecule has 1 aromatic heterocycles. The van der Waals surface area contributed by atoms with Crippen molar-refractivity contribution < 1.29 is 20.1 Å². The van der Waals surface area contributed by atoms with Crippen LogP contribution >= 0.6 is 0 Å². The van der Waals surface area contributed by atoms with E-state index in [0.29, 0.717) is 24.8 Å². The highest BCUT2D eigenvalue weighted by atomic mass is 16.5. The van der Waals surface area contributed by atoms with Gasteiger partial charge in [-0.05, 0) is 19.3 Å². The molecule has 0 amide bonds. The molecule has 8 heteroatoms. The zero-order valence-corrected chi connectivity index (χ0v) is 11.6. The molecule has 2 rings (SSSR count). The Kier molecular flexibility index (Phi) is 5.29. The van der Waals surface area contributed by atoms with Crippen LogP contribution in [0.3, 0.4) is 0 Å². The molecule has 0 spiro atoms. The summed E-state index contributed by atoms with van der Waals surface area (Å²) in [6.45, 7) is -0.285. The maximum absolute atomic E-state index is 11.9. The number of rotatable bonds is 6. The molecule has 0 unspecified atom stereocenters. The van der Waals surface area contributed by atoms with E-state index in [1.54, 1.807) is 0 Å². The number of aromatic amines is 1. The Morgan fingerprint density at radius 2 is 2.10 bits per heavy atom. The van der Waals surface area contributed by atoms with Crippen LogP contribution in [0, 0.1) is 0 Å². The second kappa shape index (κ2) is 6.99. The molecule has 0 bridgehead atoms. The first-order valence-corrected chi connectivity index (χ1v) is 6.96. The fraction of sp³-hybridized carbons (Fsp3) is 0.692. The number of nitrogens with one attached hydrogen (secondary N) is 1. The first-order chi connectivity index (χ1) is 10.1. The van der Waals surface area contributed by atoms with Crippen molar-refractivity contribution in [2.75, 3.05) is 13.2 Å². The predicted octanol–water partition coefficient (Wildman–Crippen LogP) is -1.51. The summed E-state index contributed by atoms with van der Waals surface area (Å²) in [4.78, 5) is 25.8. The van der Waals surface area contributed by atoms with Gasteiger partial charge in [-0.15, -0.1) is 0 Å². The smallest absolute Gasteiger partial charge is 0.330 e. The lowest BCUT2D eigenvalue weighted by Gasteiger charge is -2.15. The number of aromatic nitrogens is 2. The molecule has 1 fully saturated rings. The van der Waals surface area contributed by atoms with Gasteiger partial charge in [0.2, 0.25) is 0 Å². The number of H-pyrrole nitrogens is 1. The Balaban J connectivity index is 2.22. The van der Waals surface area contributed by atoms with Gasteiger partial charge in [-0.1, -0.05) is 0 Å². The average molecular weight is 300 g/mol. The molecule has 4 N–H and O–H groups in total. The Labute approximate surface area is 120 Å². The quantitative estimate of drug-likeness (QED) is 0.474. The second-order valence-electron chi connectivity index (χ2n) is 5.12. The van der Waals surface area contributed by atoms with Crippen LogP contribution in [-0.4, -0.2) is 50.3 Å². The molecule has 1 aliphatic rings. The number of nitrogens with zero attached hydrogens (tertiary/aromatic N) is 1. The largest absolute Gasteiger partial charge is 0.396 e. The molecular formula is C13H20N2O6. The summed E-state index contributed by atoms with van der Waals surface area (Å²) >= 11 is 0. The van der Waals surface area contributed by atoms with Gasteiger partial charge in [0, 0.05) is 24.8 Å². The average Bonchev–Trinajstić information content (AvgIpc) is 2.82. The van der Waals surface area contributed by atoms with E-state index in [9.17, 15) is 14.7 Å². The highest BCUT2D eigenvalue weighted by molar-refractivity contribution is 5.05. The first kappa shape index (κ1) is 15.9. The molecular weight excluding hydrogens is 280 g/mol. The van der Waals surface area contributed by atoms with E-state index >= 15 is 0 Å². The van der Waals surface area contributed by atoms with Crippen molar-refractivity contribution >= 4 is 0 Å². The van der Waals surface area contributed by atoms with Gasteiger partial charge in [0.15, 0.2) is 0 Å². The second-order valence-corrected chi connectivity index (χ2v) is 5.12. The van der Waals surface area contributed by atoms with E-state index in [-0.39, 0.29) is 19.6 Å². The Morgan fingerprint density at radius 3 is 2.71 bits per heavy atom. The van der Waals surface area contributed by atoms with E-state index in [1.165, 1.54) is 10.8 Å². The molecule has 0 aliphatic carbocycles. The fourth-order valence-corrected chi connectivity index (χ4v) is 2.40. The number of hydrogen-bond donors (Lipinski definition) is 4. The molecule has 1 saturated heterocycles. The molecule has 1 aromatic rings. The molecule has 1 aliphatic heterocycles. The van der Waals surface area contributed by atoms with Crippen molar-refractivity contribution in [2.24, 2.45) is 0 Å². The SMILES string of the molecule is O=c1[nH]c(=O)n([C@H]2C[C@H](O)[C@@H](CO)O2)cc1CCCCO. The summed E-state index contributed by atoms with van der Waals surface area (Å²) in [7, 11) is 0. The highest BCUT2D eigenvalue weighted by Crippen LogP contribution is 2.27. The lowest BCUT2D eigenvalue weighted by molar-refractivity contribution is -0.0460. The summed E-state index contributed by atoms with van der Waals surface area (Å²) in [5.41, 5.74) is -0.637. The lowest BCUT2D eigenvalue weighted by atomic mass is 10.1.